The van der Waals surface area contributed by atoms with E-state index >= 15 is 0 Å². The third-order valence-electron chi connectivity index (χ3n) is 4.62. The molecule has 2 N–H and O–H groups in total. The highest BCUT2D eigenvalue weighted by Gasteiger charge is 2.31. The zero-order valence-electron chi connectivity index (χ0n) is 12.1. The largest absolute Gasteiger partial charge is 0.396 e. The first kappa shape index (κ1) is 15.0. The van der Waals surface area contributed by atoms with Crippen LogP contribution in [-0.2, 0) is 0 Å². The summed E-state index contributed by atoms with van der Waals surface area (Å²) in [5.41, 5.74) is 0.410. The maximum absolute atomic E-state index is 9.30. The smallest absolute Gasteiger partial charge is 0.0473 e. The van der Waals surface area contributed by atoms with E-state index in [4.69, 9.17) is 0 Å². The Bertz CT molecular complexity index is 207. The van der Waals surface area contributed by atoms with Gasteiger partial charge in [-0.1, -0.05) is 40.5 Å². The minimum atomic E-state index is 0.300. The van der Waals surface area contributed by atoms with Gasteiger partial charge in [-0.25, -0.2) is 0 Å². The van der Waals surface area contributed by atoms with Gasteiger partial charge in [0, 0.05) is 19.7 Å². The fourth-order valence-corrected chi connectivity index (χ4v) is 2.94. The number of rotatable bonds is 7. The van der Waals surface area contributed by atoms with Crippen LogP contribution in [0.3, 0.4) is 0 Å². The molecule has 1 fully saturated rings. The van der Waals surface area contributed by atoms with Crippen LogP contribution in [0.1, 0.15) is 53.4 Å². The standard InChI is InChI=1S/C15H31NO/c1-12(2)13(10-17)9-16-11-15(3,4)14-7-5-6-8-14/h12-14,16-17H,5-11H2,1-4H3. The lowest BCUT2D eigenvalue weighted by Gasteiger charge is -2.33. The first-order valence-electron chi connectivity index (χ1n) is 7.29. The molecule has 1 aliphatic rings. The number of hydrogen-bond acceptors (Lipinski definition) is 2. The second-order valence-corrected chi connectivity index (χ2v) is 6.79. The summed E-state index contributed by atoms with van der Waals surface area (Å²) >= 11 is 0. The fourth-order valence-electron chi connectivity index (χ4n) is 2.94. The summed E-state index contributed by atoms with van der Waals surface area (Å²) in [4.78, 5) is 0. The molecule has 0 aromatic heterocycles. The molecule has 0 heterocycles. The molecule has 1 unspecified atom stereocenters. The van der Waals surface area contributed by atoms with Crippen LogP contribution in [-0.4, -0.2) is 24.8 Å². The molecular formula is C15H31NO. The molecule has 1 saturated carbocycles. The Hall–Kier alpha value is -0.0800. The molecule has 1 rings (SSSR count). The highest BCUT2D eigenvalue weighted by atomic mass is 16.3. The molecule has 2 heteroatoms. The van der Waals surface area contributed by atoms with Crippen LogP contribution in [0.5, 0.6) is 0 Å². The van der Waals surface area contributed by atoms with Gasteiger partial charge in [0.2, 0.25) is 0 Å². The van der Waals surface area contributed by atoms with Crippen molar-refractivity contribution in [3.63, 3.8) is 0 Å². The molecular weight excluding hydrogens is 210 g/mol. The van der Waals surface area contributed by atoms with Crippen molar-refractivity contribution in [2.45, 2.75) is 53.4 Å². The van der Waals surface area contributed by atoms with E-state index in [1.54, 1.807) is 0 Å². The van der Waals surface area contributed by atoms with Gasteiger partial charge in [-0.15, -0.1) is 0 Å². The van der Waals surface area contributed by atoms with Crippen molar-refractivity contribution < 1.29 is 5.11 Å². The molecule has 0 aromatic carbocycles. The van der Waals surface area contributed by atoms with Crippen LogP contribution in [0.15, 0.2) is 0 Å². The molecule has 0 amide bonds. The van der Waals surface area contributed by atoms with Crippen molar-refractivity contribution in [2.75, 3.05) is 19.7 Å². The van der Waals surface area contributed by atoms with Crippen LogP contribution >= 0.6 is 0 Å². The van der Waals surface area contributed by atoms with Gasteiger partial charge < -0.3 is 10.4 Å². The zero-order valence-corrected chi connectivity index (χ0v) is 12.1. The summed E-state index contributed by atoms with van der Waals surface area (Å²) in [5.74, 6) is 1.85. The number of hydrogen-bond donors (Lipinski definition) is 2. The van der Waals surface area contributed by atoms with Crippen LogP contribution in [0.4, 0.5) is 0 Å². The molecule has 0 aromatic rings. The molecule has 2 nitrogen and oxygen atoms in total. The van der Waals surface area contributed by atoms with Gasteiger partial charge in [0.25, 0.3) is 0 Å². The monoisotopic (exact) mass is 241 g/mol. The third-order valence-corrected chi connectivity index (χ3v) is 4.62. The summed E-state index contributed by atoms with van der Waals surface area (Å²) in [6.07, 6.45) is 5.64. The normalized spacial score (nSPS) is 20.1. The van der Waals surface area contributed by atoms with E-state index in [9.17, 15) is 5.11 Å². The first-order valence-corrected chi connectivity index (χ1v) is 7.29. The second kappa shape index (κ2) is 6.75. The summed E-state index contributed by atoms with van der Waals surface area (Å²) in [7, 11) is 0. The zero-order chi connectivity index (χ0) is 12.9. The minimum Gasteiger partial charge on any atom is -0.396 e. The van der Waals surface area contributed by atoms with E-state index in [1.807, 2.05) is 0 Å². The molecule has 0 bridgehead atoms. The second-order valence-electron chi connectivity index (χ2n) is 6.79. The molecule has 1 aliphatic carbocycles. The molecule has 0 spiro atoms. The van der Waals surface area contributed by atoms with E-state index in [1.165, 1.54) is 25.7 Å². The molecule has 1 atom stereocenters. The van der Waals surface area contributed by atoms with Crippen molar-refractivity contribution >= 4 is 0 Å². The quantitative estimate of drug-likeness (QED) is 0.718. The van der Waals surface area contributed by atoms with Gasteiger partial charge in [0.15, 0.2) is 0 Å². The number of aliphatic hydroxyl groups is 1. The maximum Gasteiger partial charge on any atom is 0.0473 e. The van der Waals surface area contributed by atoms with Crippen LogP contribution in [0.25, 0.3) is 0 Å². The van der Waals surface area contributed by atoms with E-state index in [0.29, 0.717) is 23.9 Å². The average Bonchev–Trinajstić information content (AvgIpc) is 2.77. The Balaban J connectivity index is 2.28. The summed E-state index contributed by atoms with van der Waals surface area (Å²) in [6, 6.07) is 0. The van der Waals surface area contributed by atoms with Crippen LogP contribution in [0, 0.1) is 23.2 Å². The SMILES string of the molecule is CC(C)C(CO)CNCC(C)(C)C1CCCC1. The number of aliphatic hydroxyl groups excluding tert-OH is 1. The van der Waals surface area contributed by atoms with Gasteiger partial charge in [0.05, 0.1) is 0 Å². The van der Waals surface area contributed by atoms with Crippen LogP contribution < -0.4 is 5.32 Å². The topological polar surface area (TPSA) is 32.3 Å². The Morgan fingerprint density at radius 2 is 1.82 bits per heavy atom. The van der Waals surface area contributed by atoms with E-state index < -0.39 is 0 Å². The van der Waals surface area contributed by atoms with Crippen molar-refractivity contribution in [1.82, 2.24) is 5.32 Å². The third kappa shape index (κ3) is 4.59. The van der Waals surface area contributed by atoms with E-state index in [0.717, 1.165) is 19.0 Å². The lowest BCUT2D eigenvalue weighted by molar-refractivity contribution is 0.167. The van der Waals surface area contributed by atoms with Crippen LogP contribution in [0.2, 0.25) is 0 Å². The van der Waals surface area contributed by atoms with Crippen molar-refractivity contribution in [2.24, 2.45) is 23.2 Å². The van der Waals surface area contributed by atoms with E-state index in [2.05, 4.69) is 33.0 Å². The predicted molar refractivity (Wildman–Crippen MR) is 74.0 cm³/mol. The van der Waals surface area contributed by atoms with Gasteiger partial charge in [0.1, 0.15) is 0 Å². The van der Waals surface area contributed by atoms with Gasteiger partial charge in [-0.3, -0.25) is 0 Å². The summed E-state index contributed by atoms with van der Waals surface area (Å²) < 4.78 is 0. The van der Waals surface area contributed by atoms with Crippen molar-refractivity contribution in [3.05, 3.63) is 0 Å². The summed E-state index contributed by atoms with van der Waals surface area (Å²) in [6.45, 7) is 11.5. The Morgan fingerprint density at radius 1 is 1.24 bits per heavy atom. The highest BCUT2D eigenvalue weighted by Crippen LogP contribution is 2.38. The summed E-state index contributed by atoms with van der Waals surface area (Å²) in [5, 5.41) is 12.9. The maximum atomic E-state index is 9.30. The average molecular weight is 241 g/mol. The lowest BCUT2D eigenvalue weighted by atomic mass is 9.77. The molecule has 0 radical (unpaired) electrons. The van der Waals surface area contributed by atoms with Gasteiger partial charge in [-0.2, -0.15) is 0 Å². The van der Waals surface area contributed by atoms with Crippen molar-refractivity contribution in [3.8, 4) is 0 Å². The van der Waals surface area contributed by atoms with Gasteiger partial charge in [-0.05, 0) is 36.0 Å². The Kier molecular flexibility index (Phi) is 5.94. The molecule has 17 heavy (non-hydrogen) atoms. The molecule has 0 aliphatic heterocycles. The van der Waals surface area contributed by atoms with Gasteiger partial charge >= 0.3 is 0 Å². The lowest BCUT2D eigenvalue weighted by Crippen LogP contribution is -2.38. The molecule has 102 valence electrons. The number of nitrogens with one attached hydrogen (secondary N) is 1. The molecule has 0 saturated heterocycles. The minimum absolute atomic E-state index is 0.300. The van der Waals surface area contributed by atoms with Crippen molar-refractivity contribution in [1.29, 1.82) is 0 Å². The predicted octanol–water partition coefficient (Wildman–Crippen LogP) is 3.06. The first-order chi connectivity index (χ1) is 7.97. The Morgan fingerprint density at radius 3 is 2.29 bits per heavy atom. The highest BCUT2D eigenvalue weighted by molar-refractivity contribution is 4.84. The van der Waals surface area contributed by atoms with E-state index in [-0.39, 0.29) is 0 Å². The fraction of sp³-hybridized carbons (Fsp3) is 1.00. The Labute approximate surface area is 107 Å².